The average molecular weight is 483 g/mol. The van der Waals surface area contributed by atoms with E-state index in [-0.39, 0.29) is 4.90 Å². The summed E-state index contributed by atoms with van der Waals surface area (Å²) < 4.78 is 29.0. The molecule has 2 aliphatic carbocycles. The average Bonchev–Trinajstić information content (AvgIpc) is 3.64. The van der Waals surface area contributed by atoms with Crippen LogP contribution < -0.4 is 5.32 Å². The maximum absolute atomic E-state index is 13.9. The standard InChI is InChI=1S/C28H26N4O2S/c1-20-7-11-24(12-8-20)35(33,34)32-26-19-28(21-5-3-2-4-6-21,22-14-17-29-18-15-22)16-13-25(26)27(31-32)30-23-9-10-23/h2-8,11-18,23H,9-10,19H2,1H3,(H,30,31). The third kappa shape index (κ3) is 3.76. The van der Waals surface area contributed by atoms with Crippen molar-refractivity contribution in [3.63, 3.8) is 0 Å². The molecule has 1 saturated carbocycles. The molecule has 0 aliphatic heterocycles. The van der Waals surface area contributed by atoms with Crippen molar-refractivity contribution >= 4 is 21.9 Å². The molecule has 6 nitrogen and oxygen atoms in total. The summed E-state index contributed by atoms with van der Waals surface area (Å²) in [5.41, 5.74) is 4.12. The smallest absolute Gasteiger partial charge is 0.283 e. The Bertz CT molecular complexity index is 1470. The molecule has 2 aromatic heterocycles. The van der Waals surface area contributed by atoms with Crippen LogP contribution in [0.5, 0.6) is 0 Å². The SMILES string of the molecule is Cc1ccc(S(=O)(=O)n2nc(NC3CC3)c3c2CC(c2ccccc2)(c2ccncc2)C=C3)cc1. The van der Waals surface area contributed by atoms with Gasteiger partial charge in [-0.25, -0.2) is 0 Å². The van der Waals surface area contributed by atoms with Gasteiger partial charge in [0.15, 0.2) is 5.82 Å². The van der Waals surface area contributed by atoms with E-state index in [4.69, 9.17) is 0 Å². The van der Waals surface area contributed by atoms with Gasteiger partial charge < -0.3 is 5.32 Å². The Kier molecular flexibility index (Phi) is 5.11. The molecule has 1 N–H and O–H groups in total. The lowest BCUT2D eigenvalue weighted by Crippen LogP contribution is -2.32. The summed E-state index contributed by atoms with van der Waals surface area (Å²) in [4.78, 5) is 4.44. The molecule has 1 fully saturated rings. The van der Waals surface area contributed by atoms with Gasteiger partial charge in [0.1, 0.15) is 0 Å². The van der Waals surface area contributed by atoms with E-state index in [1.165, 1.54) is 4.09 Å². The van der Waals surface area contributed by atoms with Crippen molar-refractivity contribution in [2.45, 2.75) is 42.5 Å². The molecule has 0 bridgehead atoms. The van der Waals surface area contributed by atoms with Gasteiger partial charge in [0.05, 0.1) is 10.6 Å². The minimum atomic E-state index is -3.89. The molecule has 0 amide bonds. The molecule has 2 heterocycles. The first-order chi connectivity index (χ1) is 17.0. The van der Waals surface area contributed by atoms with Gasteiger partial charge in [-0.05, 0) is 55.2 Å². The predicted molar refractivity (Wildman–Crippen MR) is 137 cm³/mol. The summed E-state index contributed by atoms with van der Waals surface area (Å²) in [7, 11) is -3.89. The maximum atomic E-state index is 13.9. The number of hydrogen-bond donors (Lipinski definition) is 1. The number of nitrogens with zero attached hydrogens (tertiary/aromatic N) is 3. The Hall–Kier alpha value is -3.71. The fourth-order valence-electron chi connectivity index (χ4n) is 4.82. The largest absolute Gasteiger partial charge is 0.365 e. The number of aromatic nitrogens is 3. The highest BCUT2D eigenvalue weighted by Gasteiger charge is 2.40. The topological polar surface area (TPSA) is 76.9 Å². The van der Waals surface area contributed by atoms with E-state index in [0.717, 1.165) is 35.1 Å². The first-order valence-corrected chi connectivity index (χ1v) is 13.3. The highest BCUT2D eigenvalue weighted by atomic mass is 32.2. The molecular formula is C28H26N4O2S. The predicted octanol–water partition coefficient (Wildman–Crippen LogP) is 4.95. The van der Waals surface area contributed by atoms with Crippen LogP contribution in [0.1, 0.15) is 40.8 Å². The number of aryl methyl sites for hydroxylation is 1. The van der Waals surface area contributed by atoms with E-state index < -0.39 is 15.4 Å². The van der Waals surface area contributed by atoms with Crippen LogP contribution >= 0.6 is 0 Å². The summed E-state index contributed by atoms with van der Waals surface area (Å²) in [5, 5.41) is 8.10. The lowest BCUT2D eigenvalue weighted by Gasteiger charge is -2.34. The molecule has 7 heteroatoms. The van der Waals surface area contributed by atoms with E-state index in [9.17, 15) is 8.42 Å². The molecule has 0 saturated heterocycles. The summed E-state index contributed by atoms with van der Waals surface area (Å²) in [6.07, 6.45) is 10.4. The first kappa shape index (κ1) is 21.8. The van der Waals surface area contributed by atoms with E-state index in [1.54, 1.807) is 24.5 Å². The monoisotopic (exact) mass is 482 g/mol. The van der Waals surface area contributed by atoms with E-state index in [2.05, 4.69) is 33.6 Å². The summed E-state index contributed by atoms with van der Waals surface area (Å²) in [6, 6.07) is 21.5. The van der Waals surface area contributed by atoms with Crippen LogP contribution in [-0.4, -0.2) is 28.6 Å². The van der Waals surface area contributed by atoms with Gasteiger partial charge in [0.2, 0.25) is 0 Å². The molecule has 0 spiro atoms. The van der Waals surface area contributed by atoms with Crippen molar-refractivity contribution in [1.29, 1.82) is 0 Å². The van der Waals surface area contributed by atoms with Crippen LogP contribution in [0.15, 0.2) is 90.1 Å². The van der Waals surface area contributed by atoms with Crippen LogP contribution in [0.25, 0.3) is 6.08 Å². The fraction of sp³-hybridized carbons (Fsp3) is 0.214. The molecule has 0 radical (unpaired) electrons. The molecule has 4 aromatic rings. The van der Waals surface area contributed by atoms with Crippen molar-refractivity contribution in [2.24, 2.45) is 0 Å². The van der Waals surface area contributed by atoms with E-state index >= 15 is 0 Å². The zero-order valence-electron chi connectivity index (χ0n) is 19.4. The Morgan fingerprint density at radius 2 is 1.63 bits per heavy atom. The quantitative estimate of drug-likeness (QED) is 0.421. The molecule has 6 rings (SSSR count). The number of rotatable bonds is 6. The third-order valence-corrected chi connectivity index (χ3v) is 8.54. The number of allylic oxidation sites excluding steroid dienone is 1. The normalized spacial score (nSPS) is 19.3. The van der Waals surface area contributed by atoms with E-state index in [1.807, 2.05) is 55.5 Å². The van der Waals surface area contributed by atoms with Crippen molar-refractivity contribution in [3.8, 4) is 0 Å². The summed E-state index contributed by atoms with van der Waals surface area (Å²) >= 11 is 0. The minimum absolute atomic E-state index is 0.232. The van der Waals surface area contributed by atoms with Crippen LogP contribution in [0.3, 0.4) is 0 Å². The molecule has 1 unspecified atom stereocenters. The molecule has 1 atom stereocenters. The Balaban J connectivity index is 1.55. The van der Waals surface area contributed by atoms with E-state index in [0.29, 0.717) is 24.0 Å². The second-order valence-corrected chi connectivity index (χ2v) is 11.1. The lowest BCUT2D eigenvalue weighted by molar-refractivity contribution is 0.565. The summed E-state index contributed by atoms with van der Waals surface area (Å²) in [6.45, 7) is 1.94. The number of hydrogen-bond acceptors (Lipinski definition) is 5. The second kappa shape index (κ2) is 8.20. The van der Waals surface area contributed by atoms with Gasteiger partial charge in [-0.1, -0.05) is 60.2 Å². The minimum Gasteiger partial charge on any atom is -0.365 e. The Labute approximate surface area is 205 Å². The molecule has 176 valence electrons. The van der Waals surface area contributed by atoms with Crippen molar-refractivity contribution < 1.29 is 8.42 Å². The zero-order valence-corrected chi connectivity index (χ0v) is 20.2. The molecule has 35 heavy (non-hydrogen) atoms. The number of fused-ring (bicyclic) bond motifs is 1. The van der Waals surface area contributed by atoms with Crippen LogP contribution in [0.2, 0.25) is 0 Å². The third-order valence-electron chi connectivity index (χ3n) is 6.92. The summed E-state index contributed by atoms with van der Waals surface area (Å²) in [5.74, 6) is 0.630. The molecule has 2 aromatic carbocycles. The second-order valence-electron chi connectivity index (χ2n) is 9.37. The van der Waals surface area contributed by atoms with Gasteiger partial charge >= 0.3 is 0 Å². The van der Waals surface area contributed by atoms with Gasteiger partial charge in [-0.15, -0.1) is 5.10 Å². The number of nitrogens with one attached hydrogen (secondary N) is 1. The van der Waals surface area contributed by atoms with Gasteiger partial charge in [-0.2, -0.15) is 12.5 Å². The lowest BCUT2D eigenvalue weighted by atomic mass is 9.69. The molecular weight excluding hydrogens is 456 g/mol. The van der Waals surface area contributed by atoms with Gasteiger partial charge in [-0.3, -0.25) is 4.98 Å². The highest BCUT2D eigenvalue weighted by Crippen LogP contribution is 2.44. The number of pyridine rings is 1. The van der Waals surface area contributed by atoms with Crippen molar-refractivity contribution in [2.75, 3.05) is 5.32 Å². The van der Waals surface area contributed by atoms with Crippen molar-refractivity contribution in [3.05, 3.63) is 113 Å². The molecule has 2 aliphatic rings. The van der Waals surface area contributed by atoms with Crippen molar-refractivity contribution in [1.82, 2.24) is 14.2 Å². The Morgan fingerprint density at radius 3 is 2.31 bits per heavy atom. The number of anilines is 1. The zero-order chi connectivity index (χ0) is 24.0. The number of benzene rings is 2. The van der Waals surface area contributed by atoms with Crippen LogP contribution in [0.4, 0.5) is 5.82 Å². The first-order valence-electron chi connectivity index (χ1n) is 11.8. The van der Waals surface area contributed by atoms with Crippen LogP contribution in [0, 0.1) is 6.92 Å². The van der Waals surface area contributed by atoms with Crippen LogP contribution in [-0.2, 0) is 21.9 Å². The van der Waals surface area contributed by atoms with Gasteiger partial charge in [0, 0.05) is 35.8 Å². The Morgan fingerprint density at radius 1 is 0.943 bits per heavy atom. The maximum Gasteiger partial charge on any atom is 0.283 e. The fourth-order valence-corrected chi connectivity index (χ4v) is 6.14. The highest BCUT2D eigenvalue weighted by molar-refractivity contribution is 7.89. The van der Waals surface area contributed by atoms with Gasteiger partial charge in [0.25, 0.3) is 10.0 Å².